The van der Waals surface area contributed by atoms with Gasteiger partial charge >= 0.3 is 0 Å². The Morgan fingerprint density at radius 3 is 2.87 bits per heavy atom. The van der Waals surface area contributed by atoms with Crippen LogP contribution in [0.25, 0.3) is 27.0 Å². The molecule has 4 heterocycles. The number of allylic oxidation sites excluding steroid dienone is 3. The molecule has 0 bridgehead atoms. The second-order valence-electron chi connectivity index (χ2n) is 8.19. The van der Waals surface area contributed by atoms with Crippen molar-refractivity contribution in [2.75, 3.05) is 20.2 Å². The Hall–Kier alpha value is -2.51. The molecule has 2 aliphatic rings. The van der Waals surface area contributed by atoms with E-state index in [9.17, 15) is 8.78 Å². The molecule has 0 amide bonds. The monoisotopic (exact) mass is 441 g/mol. The zero-order valence-electron chi connectivity index (χ0n) is 17.6. The number of rotatable bonds is 5. The van der Waals surface area contributed by atoms with E-state index in [2.05, 4.69) is 33.9 Å². The zero-order valence-corrected chi connectivity index (χ0v) is 18.4. The summed E-state index contributed by atoms with van der Waals surface area (Å²) in [5.74, 6) is -0.563. The van der Waals surface area contributed by atoms with Gasteiger partial charge in [0.1, 0.15) is 11.8 Å². The summed E-state index contributed by atoms with van der Waals surface area (Å²) in [6.45, 7) is 4.59. The van der Waals surface area contributed by atoms with Gasteiger partial charge in [0.05, 0.1) is 7.11 Å². The van der Waals surface area contributed by atoms with Crippen molar-refractivity contribution in [2.24, 2.45) is 0 Å². The van der Waals surface area contributed by atoms with Gasteiger partial charge in [0.15, 0.2) is 11.6 Å². The summed E-state index contributed by atoms with van der Waals surface area (Å²) in [7, 11) is 1.41. The fourth-order valence-electron chi connectivity index (χ4n) is 4.61. The second kappa shape index (κ2) is 8.20. The molecule has 3 aromatic heterocycles. The van der Waals surface area contributed by atoms with Crippen molar-refractivity contribution in [3.63, 3.8) is 0 Å². The number of hydrogen-bond acceptors (Lipinski definition) is 4. The number of ether oxygens (including phenoxy) is 1. The summed E-state index contributed by atoms with van der Waals surface area (Å²) in [5, 5.41) is 0.839. The lowest BCUT2D eigenvalue weighted by Gasteiger charge is -2.22. The molecule has 1 N–H and O–H groups in total. The van der Waals surface area contributed by atoms with Crippen molar-refractivity contribution < 1.29 is 13.5 Å². The van der Waals surface area contributed by atoms with E-state index in [1.165, 1.54) is 24.8 Å². The lowest BCUT2D eigenvalue weighted by molar-refractivity contribution is 0.267. The number of likely N-dealkylation sites (tertiary alicyclic amines) is 1. The molecule has 0 saturated carbocycles. The molecule has 1 aliphatic carbocycles. The summed E-state index contributed by atoms with van der Waals surface area (Å²) in [4.78, 5) is 12.7. The van der Waals surface area contributed by atoms with Crippen molar-refractivity contribution in [2.45, 2.75) is 38.4 Å². The van der Waals surface area contributed by atoms with Crippen molar-refractivity contribution in [3.8, 4) is 10.4 Å². The van der Waals surface area contributed by atoms with Crippen LogP contribution in [0, 0.1) is 0 Å². The van der Waals surface area contributed by atoms with Crippen LogP contribution in [-0.2, 0) is 4.74 Å². The van der Waals surface area contributed by atoms with Crippen LogP contribution < -0.4 is 0 Å². The number of pyridine rings is 1. The van der Waals surface area contributed by atoms with E-state index in [1.807, 2.05) is 12.3 Å². The van der Waals surface area contributed by atoms with Crippen LogP contribution in [0.1, 0.15) is 42.7 Å². The third kappa shape index (κ3) is 3.70. The van der Waals surface area contributed by atoms with E-state index in [1.54, 1.807) is 17.5 Å². The predicted octanol–water partition coefficient (Wildman–Crippen LogP) is 6.40. The Morgan fingerprint density at radius 1 is 1.29 bits per heavy atom. The summed E-state index contributed by atoms with van der Waals surface area (Å²) in [6.07, 6.45) is 5.82. The topological polar surface area (TPSA) is 41.1 Å². The quantitative estimate of drug-likeness (QED) is 0.498. The van der Waals surface area contributed by atoms with Crippen LogP contribution in [-0.4, -0.2) is 41.2 Å². The van der Waals surface area contributed by atoms with Crippen molar-refractivity contribution >= 4 is 27.9 Å². The van der Waals surface area contributed by atoms with Gasteiger partial charge in [-0.05, 0) is 57.1 Å². The van der Waals surface area contributed by atoms with Crippen LogP contribution in [0.5, 0.6) is 0 Å². The summed E-state index contributed by atoms with van der Waals surface area (Å²) >= 11 is 1.78. The maximum absolute atomic E-state index is 14.3. The normalized spacial score (nSPS) is 21.0. The minimum absolute atomic E-state index is 0.0737. The van der Waals surface area contributed by atoms with Gasteiger partial charge in [-0.1, -0.05) is 0 Å². The maximum Gasteiger partial charge on any atom is 0.164 e. The fourth-order valence-corrected chi connectivity index (χ4v) is 5.68. The van der Waals surface area contributed by atoms with Crippen LogP contribution in [0.2, 0.25) is 0 Å². The molecular weight excluding hydrogens is 416 g/mol. The van der Waals surface area contributed by atoms with Crippen LogP contribution in [0.3, 0.4) is 0 Å². The second-order valence-corrected chi connectivity index (χ2v) is 9.31. The summed E-state index contributed by atoms with van der Waals surface area (Å²) < 4.78 is 33.7. The van der Waals surface area contributed by atoms with Gasteiger partial charge in [0.2, 0.25) is 0 Å². The molecule has 1 aliphatic heterocycles. The summed E-state index contributed by atoms with van der Waals surface area (Å²) in [5.41, 5.74) is 2.94. The minimum Gasteiger partial charge on any atom is -0.493 e. The largest absolute Gasteiger partial charge is 0.493 e. The van der Waals surface area contributed by atoms with Crippen molar-refractivity contribution in [1.29, 1.82) is 0 Å². The summed E-state index contributed by atoms with van der Waals surface area (Å²) in [6, 6.07) is 6.80. The van der Waals surface area contributed by atoms with Crippen molar-refractivity contribution in [1.82, 2.24) is 14.9 Å². The maximum atomic E-state index is 14.3. The first-order valence-corrected chi connectivity index (χ1v) is 11.5. The Balaban J connectivity index is 1.52. The molecule has 31 heavy (non-hydrogen) atoms. The van der Waals surface area contributed by atoms with E-state index < -0.39 is 12.0 Å². The Kier molecular flexibility index (Phi) is 5.40. The van der Waals surface area contributed by atoms with Gasteiger partial charge in [-0.15, -0.1) is 11.3 Å². The highest BCUT2D eigenvalue weighted by atomic mass is 32.1. The Bertz CT molecular complexity index is 1170. The number of fused-ring (bicyclic) bond motifs is 1. The number of thiophene rings is 1. The van der Waals surface area contributed by atoms with E-state index in [0.717, 1.165) is 40.6 Å². The molecule has 7 heteroatoms. The van der Waals surface area contributed by atoms with Gasteiger partial charge < -0.3 is 9.72 Å². The third-order valence-corrected chi connectivity index (χ3v) is 7.59. The smallest absolute Gasteiger partial charge is 0.164 e. The number of nitrogens with one attached hydrogen (secondary N) is 1. The van der Waals surface area contributed by atoms with Crippen LogP contribution in [0.15, 0.2) is 48.3 Å². The number of aromatic nitrogens is 2. The Morgan fingerprint density at radius 2 is 2.10 bits per heavy atom. The number of halogens is 2. The zero-order chi connectivity index (χ0) is 21.5. The highest BCUT2D eigenvalue weighted by molar-refractivity contribution is 7.15. The molecule has 5 rings (SSSR count). The van der Waals surface area contributed by atoms with E-state index in [0.29, 0.717) is 17.3 Å². The van der Waals surface area contributed by atoms with Crippen LogP contribution >= 0.6 is 11.3 Å². The first-order chi connectivity index (χ1) is 15.0. The first kappa shape index (κ1) is 20.4. The average molecular weight is 442 g/mol. The van der Waals surface area contributed by atoms with Gasteiger partial charge in [-0.25, -0.2) is 13.8 Å². The Labute approximate surface area is 184 Å². The molecule has 3 aromatic rings. The predicted molar refractivity (Wildman–Crippen MR) is 121 cm³/mol. The fraction of sp³-hybridized carbons (Fsp3) is 0.375. The van der Waals surface area contributed by atoms with Crippen LogP contribution in [0.4, 0.5) is 8.78 Å². The van der Waals surface area contributed by atoms with Gasteiger partial charge in [-0.3, -0.25) is 4.90 Å². The number of aromatic amines is 1. The highest BCUT2D eigenvalue weighted by Gasteiger charge is 2.26. The molecule has 0 radical (unpaired) electrons. The van der Waals surface area contributed by atoms with E-state index in [4.69, 9.17) is 4.74 Å². The molecule has 0 spiro atoms. The number of H-pyrrole nitrogens is 1. The minimum atomic E-state index is -1.37. The van der Waals surface area contributed by atoms with Crippen molar-refractivity contribution in [3.05, 3.63) is 58.7 Å². The van der Waals surface area contributed by atoms with E-state index >= 15 is 0 Å². The average Bonchev–Trinajstić information content (AvgIpc) is 3.53. The molecule has 162 valence electrons. The van der Waals surface area contributed by atoms with Gasteiger partial charge in [0, 0.05) is 56.7 Å². The SMILES string of the molecule is COC1=C(c2c[nH]c3ncc(-c4ccc(C(C)N5CCCC5)s4)cc23)CC(F)C=C1F. The molecule has 2 atom stereocenters. The van der Waals surface area contributed by atoms with E-state index in [-0.39, 0.29) is 12.2 Å². The number of hydrogen-bond donors (Lipinski definition) is 1. The number of alkyl halides is 1. The third-order valence-electron chi connectivity index (χ3n) is 6.29. The lowest BCUT2D eigenvalue weighted by atomic mass is 9.94. The molecule has 1 saturated heterocycles. The molecule has 2 unspecified atom stereocenters. The number of methoxy groups -OCH3 is 1. The number of nitrogens with zero attached hydrogens (tertiary/aromatic N) is 2. The first-order valence-electron chi connectivity index (χ1n) is 10.7. The molecule has 1 fully saturated rings. The molecule has 4 nitrogen and oxygen atoms in total. The highest BCUT2D eigenvalue weighted by Crippen LogP contribution is 2.40. The molecule has 0 aromatic carbocycles. The van der Waals surface area contributed by atoms with Gasteiger partial charge in [0.25, 0.3) is 0 Å². The lowest BCUT2D eigenvalue weighted by Crippen LogP contribution is -2.22. The standard InChI is InChI=1S/C24H25F2N3OS/c1-14(29-7-3-4-8-29)21-5-6-22(31-21)15-9-18-19(13-28-24(18)27-12-15)17-10-16(25)11-20(26)23(17)30-2/h5-6,9,11-14,16H,3-4,7-8,10H2,1-2H3,(H,27,28). The molecular formula is C24H25F2N3OS. The van der Waals surface area contributed by atoms with Gasteiger partial charge in [-0.2, -0.15) is 0 Å².